The average Bonchev–Trinajstić information content (AvgIpc) is 3.84. The number of amidine groups is 1. The van der Waals surface area contributed by atoms with Gasteiger partial charge in [0.15, 0.2) is 0 Å². The van der Waals surface area contributed by atoms with Gasteiger partial charge in [0.1, 0.15) is 29.7 Å². The van der Waals surface area contributed by atoms with Gasteiger partial charge in [-0.05, 0) is 67.8 Å². The van der Waals surface area contributed by atoms with E-state index >= 15 is 0 Å². The molecule has 3 aromatic rings. The van der Waals surface area contributed by atoms with E-state index in [2.05, 4.69) is 10.6 Å². The first kappa shape index (κ1) is 34.5. The number of amides is 2. The number of hydrogen-bond donors (Lipinski definition) is 4. The van der Waals surface area contributed by atoms with Gasteiger partial charge in [-0.15, -0.1) is 11.3 Å². The molecule has 5 N–H and O–H groups in total. The number of nitrogens with zero attached hydrogens (tertiary/aromatic N) is 1. The Labute approximate surface area is 264 Å². The summed E-state index contributed by atoms with van der Waals surface area (Å²) in [6, 6.07) is 18.0. The van der Waals surface area contributed by atoms with Gasteiger partial charge in [0.05, 0.1) is 13.1 Å². The molecule has 2 heterocycles. The molecule has 1 aromatic heterocycles. The van der Waals surface area contributed by atoms with Crippen LogP contribution >= 0.6 is 11.3 Å². The molecule has 0 spiro atoms. The van der Waals surface area contributed by atoms with Gasteiger partial charge < -0.3 is 26.0 Å². The Kier molecular flexibility index (Phi) is 14.1. The molecular weight excluding hydrogens is 574 g/mol. The summed E-state index contributed by atoms with van der Waals surface area (Å²) >= 11 is 1.47. The normalized spacial score (nSPS) is 17.5. The van der Waals surface area contributed by atoms with Crippen molar-refractivity contribution in [3.63, 3.8) is 0 Å². The Bertz CT molecular complexity index is 1340. The Morgan fingerprint density at radius 2 is 1.70 bits per heavy atom. The van der Waals surface area contributed by atoms with E-state index < -0.39 is 0 Å². The molecule has 1 aliphatic carbocycles. The number of benzene rings is 2. The number of carbonyl (C=O) groups excluding carboxylic acids is 3. The van der Waals surface area contributed by atoms with E-state index in [1.807, 2.05) is 55.6 Å². The van der Waals surface area contributed by atoms with Crippen LogP contribution in [0.15, 0.2) is 66.0 Å². The predicted octanol–water partition coefficient (Wildman–Crippen LogP) is 5.59. The van der Waals surface area contributed by atoms with Gasteiger partial charge >= 0.3 is 0 Å². The van der Waals surface area contributed by atoms with E-state index in [1.165, 1.54) is 37.0 Å². The van der Waals surface area contributed by atoms with E-state index in [-0.39, 0.29) is 30.2 Å². The van der Waals surface area contributed by atoms with E-state index in [9.17, 15) is 14.4 Å². The van der Waals surface area contributed by atoms with Gasteiger partial charge in [-0.25, -0.2) is 0 Å². The lowest BCUT2D eigenvalue weighted by Crippen LogP contribution is -2.48. The van der Waals surface area contributed by atoms with Gasteiger partial charge in [-0.3, -0.25) is 19.8 Å². The SMILES string of the molecule is CC.CNCC(=O)N1CC(C2CCCC2)CC1C(=O)NCc1cc(C(=N)N)cs1.O=Cc1ccc(Oc2ccccc2)cc1. The van der Waals surface area contributed by atoms with Gasteiger partial charge in [0, 0.05) is 27.9 Å². The number of para-hydroxylation sites is 1. The Hall–Kier alpha value is -4.02. The Morgan fingerprint density at radius 3 is 2.30 bits per heavy atom. The van der Waals surface area contributed by atoms with Crippen LogP contribution in [0, 0.1) is 17.2 Å². The van der Waals surface area contributed by atoms with Crippen molar-refractivity contribution in [2.45, 2.75) is 58.5 Å². The molecule has 2 amide bonds. The molecule has 2 unspecified atom stereocenters. The van der Waals surface area contributed by atoms with E-state index in [0.29, 0.717) is 36.1 Å². The summed E-state index contributed by atoms with van der Waals surface area (Å²) in [5.74, 6) is 2.52. The number of nitrogens with one attached hydrogen (secondary N) is 3. The molecule has 1 saturated carbocycles. The zero-order chi connectivity index (χ0) is 31.9. The highest BCUT2D eigenvalue weighted by molar-refractivity contribution is 7.10. The molecule has 0 bridgehead atoms. The second-order valence-electron chi connectivity index (χ2n) is 10.7. The van der Waals surface area contributed by atoms with Crippen molar-refractivity contribution < 1.29 is 19.1 Å². The molecule has 2 fully saturated rings. The summed E-state index contributed by atoms with van der Waals surface area (Å²) in [7, 11) is 1.75. The molecule has 1 saturated heterocycles. The minimum atomic E-state index is -0.385. The van der Waals surface area contributed by atoms with Crippen LogP contribution in [0.25, 0.3) is 0 Å². The van der Waals surface area contributed by atoms with Crippen molar-refractivity contribution in [2.24, 2.45) is 17.6 Å². The first-order chi connectivity index (χ1) is 21.4. The van der Waals surface area contributed by atoms with Crippen molar-refractivity contribution in [3.05, 3.63) is 82.0 Å². The number of likely N-dealkylation sites (N-methyl/N-ethyl adjacent to an activating group) is 1. The number of likely N-dealkylation sites (tertiary alicyclic amines) is 1. The number of nitrogens with two attached hydrogens (primary N) is 1. The zero-order valence-corrected chi connectivity index (χ0v) is 26.7. The van der Waals surface area contributed by atoms with Crippen LogP contribution in [0.3, 0.4) is 0 Å². The van der Waals surface area contributed by atoms with Crippen molar-refractivity contribution >= 4 is 35.3 Å². The lowest BCUT2D eigenvalue weighted by Gasteiger charge is -2.24. The number of ether oxygens (including phenoxy) is 1. The van der Waals surface area contributed by atoms with Crippen molar-refractivity contribution in [1.29, 1.82) is 5.41 Å². The van der Waals surface area contributed by atoms with Crippen LogP contribution in [-0.2, 0) is 16.1 Å². The minimum Gasteiger partial charge on any atom is -0.457 e. The second kappa shape index (κ2) is 17.9. The first-order valence-electron chi connectivity index (χ1n) is 15.3. The quantitative estimate of drug-likeness (QED) is 0.133. The third-order valence-electron chi connectivity index (χ3n) is 7.75. The molecule has 1 aliphatic heterocycles. The maximum absolute atomic E-state index is 12.9. The maximum atomic E-state index is 12.9. The average molecular weight is 620 g/mol. The summed E-state index contributed by atoms with van der Waals surface area (Å²) in [6.45, 7) is 5.35. The zero-order valence-electron chi connectivity index (χ0n) is 25.9. The molecule has 44 heavy (non-hydrogen) atoms. The maximum Gasteiger partial charge on any atom is 0.243 e. The molecule has 2 atom stereocenters. The van der Waals surface area contributed by atoms with Crippen LogP contribution in [0.5, 0.6) is 11.5 Å². The van der Waals surface area contributed by atoms with Crippen LogP contribution in [0.4, 0.5) is 0 Å². The van der Waals surface area contributed by atoms with E-state index in [0.717, 1.165) is 29.1 Å². The van der Waals surface area contributed by atoms with Gasteiger partial charge in [0.2, 0.25) is 11.8 Å². The molecule has 2 aliphatic rings. The summed E-state index contributed by atoms with van der Waals surface area (Å²) in [4.78, 5) is 38.5. The lowest BCUT2D eigenvalue weighted by molar-refractivity contribution is -0.137. The molecule has 5 rings (SSSR count). The van der Waals surface area contributed by atoms with E-state index in [1.54, 1.807) is 36.2 Å². The smallest absolute Gasteiger partial charge is 0.243 e. The van der Waals surface area contributed by atoms with Crippen LogP contribution in [-0.4, -0.2) is 55.0 Å². The van der Waals surface area contributed by atoms with Gasteiger partial charge in [-0.1, -0.05) is 57.7 Å². The molecular formula is C34H45N5O4S. The fourth-order valence-electron chi connectivity index (χ4n) is 5.56. The number of thiophene rings is 1. The monoisotopic (exact) mass is 619 g/mol. The third-order valence-corrected chi connectivity index (χ3v) is 8.68. The fourth-order valence-corrected chi connectivity index (χ4v) is 6.39. The highest BCUT2D eigenvalue weighted by Gasteiger charge is 2.42. The number of nitrogen functional groups attached to an aromatic ring is 1. The van der Waals surface area contributed by atoms with Gasteiger partial charge in [-0.2, -0.15) is 0 Å². The Morgan fingerprint density at radius 1 is 1.05 bits per heavy atom. The summed E-state index contributed by atoms with van der Waals surface area (Å²) in [5, 5.41) is 15.2. The van der Waals surface area contributed by atoms with Crippen molar-refractivity contribution in [2.75, 3.05) is 20.1 Å². The lowest BCUT2D eigenvalue weighted by atomic mass is 9.89. The summed E-state index contributed by atoms with van der Waals surface area (Å²) < 4.78 is 5.56. The van der Waals surface area contributed by atoms with Crippen LogP contribution < -0.4 is 21.1 Å². The predicted molar refractivity (Wildman–Crippen MR) is 176 cm³/mol. The standard InChI is InChI=1S/C19H29N5O2S.C13H10O2.C2H6/c1-22-9-17(25)24-10-13(12-4-2-3-5-12)7-16(24)19(26)23-8-15-6-14(11-27-15)18(20)21;14-10-11-6-8-13(9-7-11)15-12-4-2-1-3-5-12;1-2/h6,11-13,16,22H,2-5,7-10H2,1H3,(H3,20,21)(H,23,26);1-10H;1-2H3. The van der Waals surface area contributed by atoms with Crippen molar-refractivity contribution in [1.82, 2.24) is 15.5 Å². The highest BCUT2D eigenvalue weighted by Crippen LogP contribution is 2.38. The van der Waals surface area contributed by atoms with Crippen LogP contribution in [0.1, 0.15) is 66.8 Å². The number of aldehydes is 1. The number of carbonyl (C=O) groups is 3. The van der Waals surface area contributed by atoms with E-state index in [4.69, 9.17) is 15.9 Å². The minimum absolute atomic E-state index is 0.00636. The number of hydrogen-bond acceptors (Lipinski definition) is 7. The topological polar surface area (TPSA) is 138 Å². The second-order valence-corrected chi connectivity index (χ2v) is 11.7. The van der Waals surface area contributed by atoms with Crippen LogP contribution in [0.2, 0.25) is 0 Å². The summed E-state index contributed by atoms with van der Waals surface area (Å²) in [5.41, 5.74) is 6.82. The summed E-state index contributed by atoms with van der Waals surface area (Å²) in [6.07, 6.45) is 6.53. The molecule has 10 heteroatoms. The third kappa shape index (κ3) is 10.0. The fraction of sp³-hybridized carbons (Fsp3) is 0.412. The molecule has 2 aromatic carbocycles. The largest absolute Gasteiger partial charge is 0.457 e. The van der Waals surface area contributed by atoms with Gasteiger partial charge in [0.25, 0.3) is 0 Å². The first-order valence-corrected chi connectivity index (χ1v) is 16.2. The number of rotatable bonds is 10. The molecule has 236 valence electrons. The molecule has 9 nitrogen and oxygen atoms in total. The Balaban J connectivity index is 0.000000262. The van der Waals surface area contributed by atoms with Crippen molar-refractivity contribution in [3.8, 4) is 11.5 Å². The molecule has 0 radical (unpaired) electrons. The highest BCUT2D eigenvalue weighted by atomic mass is 32.1.